The summed E-state index contributed by atoms with van der Waals surface area (Å²) < 4.78 is 2.02. The molecule has 1 saturated carbocycles. The van der Waals surface area contributed by atoms with Gasteiger partial charge in [-0.3, -0.25) is 4.68 Å². The van der Waals surface area contributed by atoms with Crippen molar-refractivity contribution in [3.05, 3.63) is 17.5 Å². The Balaban J connectivity index is 2.10. The third-order valence-electron chi connectivity index (χ3n) is 3.82. The van der Waals surface area contributed by atoms with Gasteiger partial charge in [-0.25, -0.2) is 0 Å². The lowest BCUT2D eigenvalue weighted by Gasteiger charge is -2.17. The van der Waals surface area contributed by atoms with Crippen LogP contribution in [0.4, 0.5) is 0 Å². The van der Waals surface area contributed by atoms with E-state index in [0.29, 0.717) is 0 Å². The summed E-state index contributed by atoms with van der Waals surface area (Å²) in [6.45, 7) is 7.27. The van der Waals surface area contributed by atoms with E-state index in [0.717, 1.165) is 37.9 Å². The normalized spacial score (nSPS) is 19.8. The molecule has 90 valence electrons. The van der Waals surface area contributed by atoms with E-state index >= 15 is 0 Å². The number of aliphatic hydroxyl groups is 1. The second-order valence-corrected chi connectivity index (χ2v) is 5.17. The Morgan fingerprint density at radius 2 is 2.19 bits per heavy atom. The van der Waals surface area contributed by atoms with Crippen LogP contribution in [0.2, 0.25) is 0 Å². The van der Waals surface area contributed by atoms with E-state index < -0.39 is 0 Å². The lowest BCUT2D eigenvalue weighted by atomic mass is 9.97. The molecule has 16 heavy (non-hydrogen) atoms. The summed E-state index contributed by atoms with van der Waals surface area (Å²) in [6, 6.07) is 2.14. The Hall–Kier alpha value is -0.830. The summed E-state index contributed by atoms with van der Waals surface area (Å²) in [7, 11) is 0. The van der Waals surface area contributed by atoms with Gasteiger partial charge in [0.05, 0.1) is 11.8 Å². The highest BCUT2D eigenvalue weighted by Gasteiger charge is 2.44. The van der Waals surface area contributed by atoms with E-state index in [1.807, 2.05) is 4.68 Å². The Labute approximate surface area is 97.5 Å². The average molecular weight is 222 g/mol. The topological polar surface area (TPSA) is 38.0 Å². The Morgan fingerprint density at radius 1 is 1.50 bits per heavy atom. The first-order valence-electron chi connectivity index (χ1n) is 6.32. The zero-order valence-electron chi connectivity index (χ0n) is 10.5. The van der Waals surface area contributed by atoms with E-state index in [-0.39, 0.29) is 11.5 Å². The van der Waals surface area contributed by atoms with Crippen molar-refractivity contribution in [1.82, 2.24) is 9.78 Å². The number of nitrogens with zero attached hydrogens (tertiary/aromatic N) is 2. The van der Waals surface area contributed by atoms with Crippen molar-refractivity contribution in [2.45, 2.75) is 59.1 Å². The van der Waals surface area contributed by atoms with Gasteiger partial charge in [0, 0.05) is 18.7 Å². The van der Waals surface area contributed by atoms with Gasteiger partial charge in [0.15, 0.2) is 0 Å². The Kier molecular flexibility index (Phi) is 3.06. The maximum atomic E-state index is 10.2. The second kappa shape index (κ2) is 4.21. The third-order valence-corrected chi connectivity index (χ3v) is 3.82. The number of aryl methyl sites for hydroxylation is 2. The maximum Gasteiger partial charge on any atom is 0.0649 e. The highest BCUT2D eigenvalue weighted by molar-refractivity contribution is 5.13. The van der Waals surface area contributed by atoms with Crippen molar-refractivity contribution in [1.29, 1.82) is 0 Å². The Morgan fingerprint density at radius 3 is 2.69 bits per heavy atom. The molecule has 0 bridgehead atoms. The van der Waals surface area contributed by atoms with Crippen molar-refractivity contribution >= 4 is 0 Å². The van der Waals surface area contributed by atoms with Crippen molar-refractivity contribution in [3.63, 3.8) is 0 Å². The zero-order valence-corrected chi connectivity index (χ0v) is 10.5. The van der Waals surface area contributed by atoms with Crippen LogP contribution in [0.5, 0.6) is 0 Å². The molecule has 1 N–H and O–H groups in total. The summed E-state index contributed by atoms with van der Waals surface area (Å²) >= 11 is 0. The van der Waals surface area contributed by atoms with Crippen LogP contribution < -0.4 is 0 Å². The van der Waals surface area contributed by atoms with Crippen LogP contribution in [0.25, 0.3) is 0 Å². The molecule has 1 unspecified atom stereocenters. The van der Waals surface area contributed by atoms with Gasteiger partial charge in [0.1, 0.15) is 0 Å². The van der Waals surface area contributed by atoms with E-state index in [4.69, 9.17) is 0 Å². The van der Waals surface area contributed by atoms with Gasteiger partial charge in [0.25, 0.3) is 0 Å². The smallest absolute Gasteiger partial charge is 0.0649 e. The molecule has 0 spiro atoms. The first-order valence-corrected chi connectivity index (χ1v) is 6.32. The largest absolute Gasteiger partial charge is 0.392 e. The SMILES string of the molecule is CCc1cc(CC(O)C2(C)CC2)n(CC)n1. The van der Waals surface area contributed by atoms with E-state index in [9.17, 15) is 5.11 Å². The molecule has 0 amide bonds. The molecule has 1 aliphatic rings. The van der Waals surface area contributed by atoms with Crippen molar-refractivity contribution in [3.8, 4) is 0 Å². The lowest BCUT2D eigenvalue weighted by Crippen LogP contribution is -2.23. The van der Waals surface area contributed by atoms with Crippen molar-refractivity contribution < 1.29 is 5.11 Å². The molecule has 1 heterocycles. The van der Waals surface area contributed by atoms with Crippen LogP contribution in [0.1, 0.15) is 45.0 Å². The number of aliphatic hydroxyl groups excluding tert-OH is 1. The van der Waals surface area contributed by atoms with E-state index in [1.54, 1.807) is 0 Å². The molecule has 1 atom stereocenters. The van der Waals surface area contributed by atoms with Gasteiger partial charge in [0.2, 0.25) is 0 Å². The molecule has 1 aromatic heterocycles. The van der Waals surface area contributed by atoms with E-state index in [1.165, 1.54) is 5.69 Å². The van der Waals surface area contributed by atoms with Gasteiger partial charge in [-0.05, 0) is 37.7 Å². The standard InChI is InChI=1S/C13H22N2O/c1-4-10-8-11(15(5-2)14-10)9-12(16)13(3)6-7-13/h8,12,16H,4-7,9H2,1-3H3. The number of aromatic nitrogens is 2. The van der Waals surface area contributed by atoms with E-state index in [2.05, 4.69) is 31.9 Å². The quantitative estimate of drug-likeness (QED) is 0.829. The van der Waals surface area contributed by atoms with Crippen LogP contribution in [0.3, 0.4) is 0 Å². The van der Waals surface area contributed by atoms with Crippen LogP contribution >= 0.6 is 0 Å². The molecule has 0 radical (unpaired) electrons. The first kappa shape index (κ1) is 11.6. The summed E-state index contributed by atoms with van der Waals surface area (Å²) in [5.41, 5.74) is 2.49. The zero-order chi connectivity index (χ0) is 11.8. The van der Waals surface area contributed by atoms with Gasteiger partial charge in [-0.2, -0.15) is 5.10 Å². The molecule has 1 aromatic rings. The fraction of sp³-hybridized carbons (Fsp3) is 0.769. The molecule has 3 heteroatoms. The molecular formula is C13H22N2O. The minimum absolute atomic E-state index is 0.176. The van der Waals surface area contributed by atoms with Gasteiger partial charge >= 0.3 is 0 Å². The molecular weight excluding hydrogens is 200 g/mol. The van der Waals surface area contributed by atoms with Crippen LogP contribution in [0.15, 0.2) is 6.07 Å². The number of hydrogen-bond acceptors (Lipinski definition) is 2. The molecule has 0 aliphatic heterocycles. The molecule has 1 fully saturated rings. The minimum atomic E-state index is -0.209. The highest BCUT2D eigenvalue weighted by Crippen LogP contribution is 2.48. The number of rotatable bonds is 5. The van der Waals surface area contributed by atoms with Crippen LogP contribution in [0, 0.1) is 5.41 Å². The second-order valence-electron chi connectivity index (χ2n) is 5.17. The molecule has 0 aromatic carbocycles. The molecule has 3 nitrogen and oxygen atoms in total. The van der Waals surface area contributed by atoms with Gasteiger partial charge in [-0.15, -0.1) is 0 Å². The number of hydrogen-bond donors (Lipinski definition) is 1. The predicted octanol–water partition coefficient (Wildman–Crippen LogP) is 2.17. The lowest BCUT2D eigenvalue weighted by molar-refractivity contribution is 0.101. The minimum Gasteiger partial charge on any atom is -0.392 e. The fourth-order valence-corrected chi connectivity index (χ4v) is 2.10. The molecule has 0 saturated heterocycles. The molecule has 2 rings (SSSR count). The summed E-state index contributed by atoms with van der Waals surface area (Å²) in [5.74, 6) is 0. The summed E-state index contributed by atoms with van der Waals surface area (Å²) in [4.78, 5) is 0. The van der Waals surface area contributed by atoms with Crippen LogP contribution in [-0.4, -0.2) is 21.0 Å². The van der Waals surface area contributed by atoms with Crippen molar-refractivity contribution in [2.24, 2.45) is 5.41 Å². The first-order chi connectivity index (χ1) is 7.59. The summed E-state index contributed by atoms with van der Waals surface area (Å²) in [5, 5.41) is 14.7. The maximum absolute atomic E-state index is 10.2. The van der Waals surface area contributed by atoms with Crippen molar-refractivity contribution in [2.75, 3.05) is 0 Å². The third kappa shape index (κ3) is 2.14. The summed E-state index contributed by atoms with van der Waals surface area (Å²) in [6.07, 6.45) is 3.83. The van der Waals surface area contributed by atoms with Gasteiger partial charge in [-0.1, -0.05) is 13.8 Å². The monoisotopic (exact) mass is 222 g/mol. The average Bonchev–Trinajstić information content (AvgIpc) is 2.91. The van der Waals surface area contributed by atoms with Gasteiger partial charge < -0.3 is 5.11 Å². The fourth-order valence-electron chi connectivity index (χ4n) is 2.10. The molecule has 1 aliphatic carbocycles. The van der Waals surface area contributed by atoms with Crippen LogP contribution in [-0.2, 0) is 19.4 Å². The Bertz CT molecular complexity index is 366. The highest BCUT2D eigenvalue weighted by atomic mass is 16.3. The predicted molar refractivity (Wildman–Crippen MR) is 64.3 cm³/mol.